The maximum atomic E-state index is 8.79. The highest BCUT2D eigenvalue weighted by atomic mass is 35.5. The van der Waals surface area contributed by atoms with Crippen LogP contribution in [-0.2, 0) is 0 Å². The van der Waals surface area contributed by atoms with Gasteiger partial charge in [0, 0.05) is 0 Å². The highest BCUT2D eigenvalue weighted by Crippen LogP contribution is 2.20. The predicted octanol–water partition coefficient (Wildman–Crippen LogP) is 1.70. The number of benzene rings is 1. The summed E-state index contributed by atoms with van der Waals surface area (Å²) in [5.41, 5.74) is 0. The van der Waals surface area contributed by atoms with Crippen LogP contribution in [0.25, 0.3) is 0 Å². The van der Waals surface area contributed by atoms with Gasteiger partial charge in [-0.05, 0) is 12.1 Å². The van der Waals surface area contributed by atoms with E-state index in [0.29, 0.717) is 5.02 Å². The Balaban J connectivity index is 0.000000261. The van der Waals surface area contributed by atoms with Crippen LogP contribution in [0.4, 0.5) is 0 Å². The monoisotopic (exact) mass is 191 g/mol. The third kappa shape index (κ3) is 5.31. The lowest BCUT2D eigenvalue weighted by Crippen LogP contribution is -1.81. The first-order valence-corrected chi connectivity index (χ1v) is 3.18. The van der Waals surface area contributed by atoms with E-state index < -0.39 is 5.09 Å². The van der Waals surface area contributed by atoms with Crippen molar-refractivity contribution in [1.82, 2.24) is 0 Å². The molecule has 6 heteroatoms. The molecule has 0 aliphatic carbocycles. The topological polar surface area (TPSA) is 83.6 Å². The summed E-state index contributed by atoms with van der Waals surface area (Å²) < 4.78 is 0. The Morgan fingerprint density at radius 3 is 2.08 bits per heavy atom. The van der Waals surface area contributed by atoms with E-state index in [9.17, 15) is 0 Å². The van der Waals surface area contributed by atoms with Crippen molar-refractivity contribution >= 4 is 11.6 Å². The average Bonchev–Trinajstić information content (AvgIpc) is 1.94. The van der Waals surface area contributed by atoms with Crippen LogP contribution in [0, 0.1) is 10.1 Å². The fraction of sp³-hybridized carbons (Fsp3) is 0. The van der Waals surface area contributed by atoms with E-state index in [4.69, 9.17) is 32.0 Å². The standard InChI is InChI=1S/C6H5ClO.HNO3/c7-5-3-1-2-4-6(5)8;2-1(3)4/h1-4,8H;(H,2,3,4). The highest BCUT2D eigenvalue weighted by Gasteiger charge is 1.89. The van der Waals surface area contributed by atoms with Gasteiger partial charge in [0.2, 0.25) is 0 Å². The van der Waals surface area contributed by atoms with E-state index >= 15 is 0 Å². The Morgan fingerprint density at radius 1 is 1.42 bits per heavy atom. The first-order chi connectivity index (χ1) is 5.54. The smallest absolute Gasteiger partial charge is 0.291 e. The minimum Gasteiger partial charge on any atom is -0.506 e. The minimum absolute atomic E-state index is 0.133. The summed E-state index contributed by atoms with van der Waals surface area (Å²) in [5, 5.41) is 22.8. The predicted molar refractivity (Wildman–Crippen MR) is 41.9 cm³/mol. The number of phenols is 1. The molecule has 0 aliphatic heterocycles. The van der Waals surface area contributed by atoms with Gasteiger partial charge in [0.25, 0.3) is 5.09 Å². The lowest BCUT2D eigenvalue weighted by molar-refractivity contribution is -0.742. The zero-order valence-electron chi connectivity index (χ0n) is 5.85. The fourth-order valence-electron chi connectivity index (χ4n) is 0.452. The largest absolute Gasteiger partial charge is 0.506 e. The molecule has 12 heavy (non-hydrogen) atoms. The van der Waals surface area contributed by atoms with Crippen LogP contribution >= 0.6 is 11.6 Å². The van der Waals surface area contributed by atoms with Crippen molar-refractivity contribution in [1.29, 1.82) is 0 Å². The number of hydrogen-bond acceptors (Lipinski definition) is 3. The van der Waals surface area contributed by atoms with Gasteiger partial charge in [-0.3, -0.25) is 0 Å². The Hall–Kier alpha value is -1.49. The van der Waals surface area contributed by atoms with E-state index in [0.717, 1.165) is 0 Å². The molecule has 0 saturated carbocycles. The molecule has 0 aliphatic rings. The molecule has 66 valence electrons. The molecule has 0 saturated heterocycles. The molecular weight excluding hydrogens is 186 g/mol. The molecule has 0 bridgehead atoms. The van der Waals surface area contributed by atoms with Gasteiger partial charge in [0.05, 0.1) is 5.02 Å². The van der Waals surface area contributed by atoms with Gasteiger partial charge in [-0.15, -0.1) is 10.1 Å². The van der Waals surface area contributed by atoms with Crippen molar-refractivity contribution in [2.24, 2.45) is 0 Å². The van der Waals surface area contributed by atoms with E-state index in [1.165, 1.54) is 0 Å². The minimum atomic E-state index is -1.50. The van der Waals surface area contributed by atoms with Gasteiger partial charge in [-0.2, -0.15) is 0 Å². The van der Waals surface area contributed by atoms with Gasteiger partial charge in [-0.1, -0.05) is 23.7 Å². The SMILES string of the molecule is O=[N+]([O-])O.Oc1ccccc1Cl. The maximum absolute atomic E-state index is 8.79. The van der Waals surface area contributed by atoms with E-state index in [-0.39, 0.29) is 5.75 Å². The molecule has 1 aromatic carbocycles. The van der Waals surface area contributed by atoms with Crippen LogP contribution in [-0.4, -0.2) is 15.4 Å². The molecule has 0 fully saturated rings. The van der Waals surface area contributed by atoms with Crippen LogP contribution < -0.4 is 0 Å². The van der Waals surface area contributed by atoms with Crippen LogP contribution in [0.3, 0.4) is 0 Å². The zero-order valence-corrected chi connectivity index (χ0v) is 6.60. The van der Waals surface area contributed by atoms with Crippen LogP contribution in [0.2, 0.25) is 5.02 Å². The van der Waals surface area contributed by atoms with Crippen molar-refractivity contribution in [3.05, 3.63) is 39.4 Å². The van der Waals surface area contributed by atoms with E-state index in [1.54, 1.807) is 24.3 Å². The number of para-hydroxylation sites is 1. The Labute approximate surface area is 72.9 Å². The zero-order chi connectivity index (χ0) is 9.56. The normalized spacial score (nSPS) is 8.08. The van der Waals surface area contributed by atoms with Crippen LogP contribution in [0.5, 0.6) is 5.75 Å². The average molecular weight is 192 g/mol. The first kappa shape index (κ1) is 10.5. The molecule has 0 aromatic heterocycles. The number of rotatable bonds is 0. The fourth-order valence-corrected chi connectivity index (χ4v) is 0.587. The molecule has 0 amide bonds. The van der Waals surface area contributed by atoms with Gasteiger partial charge in [-0.25, -0.2) is 0 Å². The molecule has 0 spiro atoms. The molecule has 1 aromatic rings. The summed E-state index contributed by atoms with van der Waals surface area (Å²) in [6.07, 6.45) is 0. The number of phenolic OH excluding ortho intramolecular Hbond substituents is 1. The molecule has 0 unspecified atom stereocenters. The summed E-state index contributed by atoms with van der Waals surface area (Å²) in [6.45, 7) is 0. The summed E-state index contributed by atoms with van der Waals surface area (Å²) in [4.78, 5) is 8.36. The van der Waals surface area contributed by atoms with Gasteiger partial charge >= 0.3 is 0 Å². The Bertz CT molecular complexity index is 240. The summed E-state index contributed by atoms with van der Waals surface area (Å²) >= 11 is 5.46. The molecular formula is C6H6ClNO4. The summed E-state index contributed by atoms with van der Waals surface area (Å²) in [7, 11) is 0. The second kappa shape index (κ2) is 5.20. The van der Waals surface area contributed by atoms with Crippen molar-refractivity contribution in [2.75, 3.05) is 0 Å². The van der Waals surface area contributed by atoms with E-state index in [2.05, 4.69) is 0 Å². The van der Waals surface area contributed by atoms with E-state index in [1.807, 2.05) is 0 Å². The molecule has 0 radical (unpaired) electrons. The Kier molecular flexibility index (Phi) is 4.55. The van der Waals surface area contributed by atoms with Crippen molar-refractivity contribution in [3.8, 4) is 5.75 Å². The van der Waals surface area contributed by atoms with Gasteiger partial charge in [0.1, 0.15) is 5.75 Å². The lowest BCUT2D eigenvalue weighted by atomic mass is 10.3. The third-order valence-electron chi connectivity index (χ3n) is 0.852. The lowest BCUT2D eigenvalue weighted by Gasteiger charge is -1.89. The summed E-state index contributed by atoms with van der Waals surface area (Å²) in [5.74, 6) is 0.133. The number of aromatic hydroxyl groups is 1. The first-order valence-electron chi connectivity index (χ1n) is 2.81. The summed E-state index contributed by atoms with van der Waals surface area (Å²) in [6, 6.07) is 6.67. The highest BCUT2D eigenvalue weighted by molar-refractivity contribution is 6.31. The van der Waals surface area contributed by atoms with Gasteiger partial charge in [0.15, 0.2) is 0 Å². The van der Waals surface area contributed by atoms with Crippen LogP contribution in [0.15, 0.2) is 24.3 Å². The van der Waals surface area contributed by atoms with Crippen molar-refractivity contribution in [3.63, 3.8) is 0 Å². The quantitative estimate of drug-likeness (QED) is 0.483. The van der Waals surface area contributed by atoms with Crippen molar-refractivity contribution < 1.29 is 15.4 Å². The molecule has 0 heterocycles. The van der Waals surface area contributed by atoms with Crippen molar-refractivity contribution in [2.45, 2.75) is 0 Å². The molecule has 2 N–H and O–H groups in total. The number of nitrogens with zero attached hydrogens (tertiary/aromatic N) is 1. The van der Waals surface area contributed by atoms with Gasteiger partial charge < -0.3 is 10.3 Å². The molecule has 5 nitrogen and oxygen atoms in total. The molecule has 0 atom stereocenters. The second-order valence-electron chi connectivity index (χ2n) is 1.69. The molecule has 1 rings (SSSR count). The third-order valence-corrected chi connectivity index (χ3v) is 1.17. The number of hydrogen-bond donors (Lipinski definition) is 2. The maximum Gasteiger partial charge on any atom is 0.291 e. The second-order valence-corrected chi connectivity index (χ2v) is 2.10. The number of halogens is 1. The van der Waals surface area contributed by atoms with Crippen LogP contribution in [0.1, 0.15) is 0 Å². The Morgan fingerprint density at radius 2 is 1.83 bits per heavy atom.